The van der Waals surface area contributed by atoms with E-state index >= 15 is 0 Å². The molecule has 0 saturated heterocycles. The van der Waals surface area contributed by atoms with Crippen LogP contribution in [0, 0.1) is 0 Å². The Morgan fingerprint density at radius 1 is 1.22 bits per heavy atom. The van der Waals surface area contributed by atoms with Gasteiger partial charge in [0, 0.05) is 5.56 Å². The molecule has 0 aromatic heterocycles. The summed E-state index contributed by atoms with van der Waals surface area (Å²) in [6.07, 6.45) is 0. The molecule has 5 heteroatoms. The van der Waals surface area contributed by atoms with E-state index in [0.29, 0.717) is 11.3 Å². The molecule has 4 nitrogen and oxygen atoms in total. The van der Waals surface area contributed by atoms with Crippen molar-refractivity contribution >= 4 is 21.8 Å². The standard InChI is InChI=1S/C18H21BrN2O2/c1-21(2)12-16(13-7-5-4-6-8-13)20-18(22)14-9-10-17(23-3)15(19)11-14/h4-11,16H,12H2,1-3H3,(H,20,22)/p+1/t16-/m1/s1. The zero-order valence-electron chi connectivity index (χ0n) is 13.6. The van der Waals surface area contributed by atoms with Crippen LogP contribution in [0.1, 0.15) is 22.0 Å². The summed E-state index contributed by atoms with van der Waals surface area (Å²) in [5.74, 6) is 0.613. The Morgan fingerprint density at radius 2 is 1.91 bits per heavy atom. The first-order chi connectivity index (χ1) is 11.0. The van der Waals surface area contributed by atoms with Gasteiger partial charge in [-0.15, -0.1) is 0 Å². The molecule has 122 valence electrons. The van der Waals surface area contributed by atoms with Crippen LogP contribution in [-0.4, -0.2) is 33.7 Å². The van der Waals surface area contributed by atoms with E-state index in [1.165, 1.54) is 4.90 Å². The van der Waals surface area contributed by atoms with Crippen LogP contribution in [0.15, 0.2) is 53.0 Å². The van der Waals surface area contributed by atoms with Crippen LogP contribution < -0.4 is 15.0 Å². The van der Waals surface area contributed by atoms with Crippen LogP contribution in [0.5, 0.6) is 5.75 Å². The van der Waals surface area contributed by atoms with Gasteiger partial charge in [-0.3, -0.25) is 4.79 Å². The molecule has 2 rings (SSSR count). The lowest BCUT2D eigenvalue weighted by Crippen LogP contribution is -3.06. The molecular formula is C18H22BrN2O2+. The average molecular weight is 378 g/mol. The Hall–Kier alpha value is -1.85. The minimum Gasteiger partial charge on any atom is -0.496 e. The van der Waals surface area contributed by atoms with Crippen molar-refractivity contribution in [3.63, 3.8) is 0 Å². The van der Waals surface area contributed by atoms with Crippen LogP contribution >= 0.6 is 15.9 Å². The number of hydrogen-bond donors (Lipinski definition) is 2. The van der Waals surface area contributed by atoms with Gasteiger partial charge in [0.2, 0.25) is 0 Å². The van der Waals surface area contributed by atoms with Gasteiger partial charge in [-0.2, -0.15) is 0 Å². The van der Waals surface area contributed by atoms with E-state index in [0.717, 1.165) is 16.6 Å². The third-order valence-electron chi connectivity index (χ3n) is 3.53. The molecular weight excluding hydrogens is 356 g/mol. The monoisotopic (exact) mass is 377 g/mol. The summed E-state index contributed by atoms with van der Waals surface area (Å²) in [7, 11) is 5.75. The van der Waals surface area contributed by atoms with Gasteiger partial charge in [-0.05, 0) is 39.7 Å². The van der Waals surface area contributed by atoms with E-state index in [-0.39, 0.29) is 11.9 Å². The van der Waals surface area contributed by atoms with Gasteiger partial charge in [0.1, 0.15) is 18.3 Å². The minimum absolute atomic E-state index is 0.0328. The zero-order valence-corrected chi connectivity index (χ0v) is 15.2. The Kier molecular flexibility index (Phi) is 6.19. The van der Waals surface area contributed by atoms with Gasteiger partial charge in [0.05, 0.1) is 25.7 Å². The van der Waals surface area contributed by atoms with Gasteiger partial charge < -0.3 is 15.0 Å². The van der Waals surface area contributed by atoms with E-state index < -0.39 is 0 Å². The van der Waals surface area contributed by atoms with Crippen LogP contribution in [-0.2, 0) is 0 Å². The first kappa shape index (κ1) is 17.5. The molecule has 2 aromatic rings. The van der Waals surface area contributed by atoms with Gasteiger partial charge in [-0.1, -0.05) is 30.3 Å². The number of rotatable bonds is 6. The second kappa shape index (κ2) is 8.13. The summed E-state index contributed by atoms with van der Waals surface area (Å²) in [6, 6.07) is 15.3. The molecule has 0 aliphatic rings. The fraction of sp³-hybridized carbons (Fsp3) is 0.278. The number of carbonyl (C=O) groups excluding carboxylic acids is 1. The number of halogens is 1. The number of methoxy groups -OCH3 is 1. The van der Waals surface area contributed by atoms with Crippen molar-refractivity contribution in [2.75, 3.05) is 27.7 Å². The quantitative estimate of drug-likeness (QED) is 0.809. The summed E-state index contributed by atoms with van der Waals surface area (Å²) >= 11 is 3.42. The summed E-state index contributed by atoms with van der Waals surface area (Å²) in [4.78, 5) is 13.9. The number of nitrogens with one attached hydrogen (secondary N) is 2. The highest BCUT2D eigenvalue weighted by molar-refractivity contribution is 9.10. The van der Waals surface area contributed by atoms with Gasteiger partial charge in [-0.25, -0.2) is 0 Å². The minimum atomic E-state index is -0.0940. The number of ether oxygens (including phenoxy) is 1. The van der Waals surface area contributed by atoms with E-state index in [9.17, 15) is 4.79 Å². The van der Waals surface area contributed by atoms with Crippen molar-refractivity contribution in [3.8, 4) is 5.75 Å². The maximum Gasteiger partial charge on any atom is 0.252 e. The normalized spacial score (nSPS) is 12.0. The number of likely N-dealkylation sites (N-methyl/N-ethyl adjacent to an activating group) is 1. The Balaban J connectivity index is 2.19. The number of quaternary nitrogens is 1. The van der Waals surface area contributed by atoms with Crippen LogP contribution in [0.25, 0.3) is 0 Å². The molecule has 0 unspecified atom stereocenters. The molecule has 0 spiro atoms. The first-order valence-electron chi connectivity index (χ1n) is 7.49. The van der Waals surface area contributed by atoms with Crippen LogP contribution in [0.4, 0.5) is 0 Å². The van der Waals surface area contributed by atoms with Crippen molar-refractivity contribution in [3.05, 3.63) is 64.1 Å². The van der Waals surface area contributed by atoms with E-state index in [2.05, 4.69) is 35.3 Å². The molecule has 1 atom stereocenters. The predicted octanol–water partition coefficient (Wildman–Crippen LogP) is 2.07. The molecule has 1 amide bonds. The molecule has 0 radical (unpaired) electrons. The number of benzene rings is 2. The SMILES string of the molecule is COc1ccc(C(=O)N[C@H](C[NH+](C)C)c2ccccc2)cc1Br. The second-order valence-electron chi connectivity index (χ2n) is 5.70. The fourth-order valence-corrected chi connectivity index (χ4v) is 2.94. The predicted molar refractivity (Wildman–Crippen MR) is 95.0 cm³/mol. The largest absolute Gasteiger partial charge is 0.496 e. The number of hydrogen-bond acceptors (Lipinski definition) is 2. The molecule has 2 aromatic carbocycles. The van der Waals surface area contributed by atoms with Crippen LogP contribution in [0.3, 0.4) is 0 Å². The number of carbonyl (C=O) groups is 1. The third kappa shape index (κ3) is 4.81. The van der Waals surface area contributed by atoms with Gasteiger partial charge in [0.15, 0.2) is 0 Å². The zero-order chi connectivity index (χ0) is 16.8. The lowest BCUT2D eigenvalue weighted by molar-refractivity contribution is -0.860. The van der Waals surface area contributed by atoms with E-state index in [1.54, 1.807) is 25.3 Å². The highest BCUT2D eigenvalue weighted by Crippen LogP contribution is 2.25. The van der Waals surface area contributed by atoms with Crippen molar-refractivity contribution in [1.82, 2.24) is 5.32 Å². The molecule has 0 saturated carbocycles. The summed E-state index contributed by atoms with van der Waals surface area (Å²) in [6.45, 7) is 0.813. The number of amides is 1. The van der Waals surface area contributed by atoms with E-state index in [4.69, 9.17) is 4.74 Å². The Bertz CT molecular complexity index is 659. The maximum atomic E-state index is 12.6. The summed E-state index contributed by atoms with van der Waals surface area (Å²) in [5.41, 5.74) is 1.71. The molecule has 0 bridgehead atoms. The molecule has 0 fully saturated rings. The maximum absolute atomic E-state index is 12.6. The third-order valence-corrected chi connectivity index (χ3v) is 4.15. The highest BCUT2D eigenvalue weighted by atomic mass is 79.9. The smallest absolute Gasteiger partial charge is 0.252 e. The molecule has 0 aliphatic carbocycles. The fourth-order valence-electron chi connectivity index (χ4n) is 2.40. The molecule has 0 heterocycles. The summed E-state index contributed by atoms with van der Waals surface area (Å²) < 4.78 is 5.97. The topological polar surface area (TPSA) is 42.8 Å². The summed E-state index contributed by atoms with van der Waals surface area (Å²) in [5, 5.41) is 3.12. The lowest BCUT2D eigenvalue weighted by Gasteiger charge is -2.21. The Labute approximate surface area is 145 Å². The van der Waals surface area contributed by atoms with E-state index in [1.807, 2.05) is 30.3 Å². The van der Waals surface area contributed by atoms with Crippen molar-refractivity contribution in [2.24, 2.45) is 0 Å². The average Bonchev–Trinajstić information content (AvgIpc) is 2.54. The van der Waals surface area contributed by atoms with Crippen molar-refractivity contribution in [2.45, 2.75) is 6.04 Å². The lowest BCUT2D eigenvalue weighted by atomic mass is 10.1. The molecule has 23 heavy (non-hydrogen) atoms. The first-order valence-corrected chi connectivity index (χ1v) is 8.29. The van der Waals surface area contributed by atoms with Gasteiger partial charge >= 0.3 is 0 Å². The molecule has 0 aliphatic heterocycles. The molecule has 2 N–H and O–H groups in total. The van der Waals surface area contributed by atoms with Crippen LogP contribution in [0.2, 0.25) is 0 Å². The highest BCUT2D eigenvalue weighted by Gasteiger charge is 2.19. The van der Waals surface area contributed by atoms with Crippen molar-refractivity contribution in [1.29, 1.82) is 0 Å². The van der Waals surface area contributed by atoms with Gasteiger partial charge in [0.25, 0.3) is 5.91 Å². The van der Waals surface area contributed by atoms with Crippen molar-refractivity contribution < 1.29 is 14.4 Å². The second-order valence-corrected chi connectivity index (χ2v) is 6.55. The Morgan fingerprint density at radius 3 is 2.48 bits per heavy atom.